The van der Waals surface area contributed by atoms with Gasteiger partial charge in [0.25, 0.3) is 10.0 Å². The van der Waals surface area contributed by atoms with E-state index in [0.29, 0.717) is 35.1 Å². The van der Waals surface area contributed by atoms with Crippen molar-refractivity contribution >= 4 is 39.7 Å². The van der Waals surface area contributed by atoms with Crippen LogP contribution >= 0.6 is 12.2 Å². The number of aliphatic imine (C=N–C) groups is 1. The molecule has 32 heavy (non-hydrogen) atoms. The standard InChI is InChI=1S/C21H22N6O3S2/c1-14-7-9-15(10-8-14)20-24-25-21(31)27(20)13-19(28)23-16-4-2-5-17(12-16)32(29,30)26-18-6-3-11-22-18/h2,4-5,7-10,12H,3,6,11,13H2,1H3,(H,22,26)(H,23,28)(H,25,31). The number of carbonyl (C=O) groups is 1. The lowest BCUT2D eigenvalue weighted by molar-refractivity contribution is -0.116. The van der Waals surface area contributed by atoms with E-state index in [1.54, 1.807) is 16.7 Å². The second kappa shape index (κ2) is 9.05. The number of carbonyl (C=O) groups excluding carboxylic acids is 1. The Bertz CT molecular complexity index is 1340. The predicted molar refractivity (Wildman–Crippen MR) is 125 cm³/mol. The van der Waals surface area contributed by atoms with Crippen LogP contribution in [0.4, 0.5) is 5.69 Å². The summed E-state index contributed by atoms with van der Waals surface area (Å²) >= 11 is 5.29. The van der Waals surface area contributed by atoms with Crippen LogP contribution < -0.4 is 10.0 Å². The van der Waals surface area contributed by atoms with E-state index in [-0.39, 0.29) is 17.3 Å². The van der Waals surface area contributed by atoms with Crippen LogP contribution in [0.25, 0.3) is 11.4 Å². The number of aromatic nitrogens is 3. The smallest absolute Gasteiger partial charge is 0.262 e. The van der Waals surface area contributed by atoms with Gasteiger partial charge in [0.1, 0.15) is 12.4 Å². The molecule has 0 saturated carbocycles. The van der Waals surface area contributed by atoms with Gasteiger partial charge in [0.2, 0.25) is 5.91 Å². The molecule has 11 heteroatoms. The molecule has 0 fully saturated rings. The molecule has 0 spiro atoms. The third kappa shape index (κ3) is 4.94. The maximum absolute atomic E-state index is 12.7. The molecule has 1 aliphatic heterocycles. The zero-order valence-electron chi connectivity index (χ0n) is 17.3. The van der Waals surface area contributed by atoms with Crippen molar-refractivity contribution in [2.45, 2.75) is 31.2 Å². The lowest BCUT2D eigenvalue weighted by atomic mass is 10.1. The fourth-order valence-electron chi connectivity index (χ4n) is 3.31. The van der Waals surface area contributed by atoms with Gasteiger partial charge in [0.05, 0.1) is 4.90 Å². The van der Waals surface area contributed by atoms with Gasteiger partial charge in [0, 0.05) is 24.2 Å². The molecule has 1 amide bonds. The molecule has 0 aliphatic carbocycles. The number of hydrogen-bond donors (Lipinski definition) is 3. The fourth-order valence-corrected chi connectivity index (χ4v) is 4.64. The minimum Gasteiger partial charge on any atom is -0.324 e. The summed E-state index contributed by atoms with van der Waals surface area (Å²) < 4.78 is 29.6. The van der Waals surface area contributed by atoms with E-state index in [1.807, 2.05) is 31.2 Å². The number of sulfonamides is 1. The molecule has 4 rings (SSSR count). The molecule has 0 saturated heterocycles. The molecule has 3 N–H and O–H groups in total. The van der Waals surface area contributed by atoms with E-state index in [4.69, 9.17) is 12.2 Å². The van der Waals surface area contributed by atoms with Crippen molar-refractivity contribution in [2.75, 3.05) is 11.9 Å². The highest BCUT2D eigenvalue weighted by Crippen LogP contribution is 2.19. The molecule has 9 nitrogen and oxygen atoms in total. The zero-order valence-corrected chi connectivity index (χ0v) is 19.0. The molecular formula is C21H22N6O3S2. The summed E-state index contributed by atoms with van der Waals surface area (Å²) in [5.74, 6) is 0.638. The van der Waals surface area contributed by atoms with Gasteiger partial charge in [-0.1, -0.05) is 35.9 Å². The van der Waals surface area contributed by atoms with Crippen LogP contribution in [0.5, 0.6) is 0 Å². The van der Waals surface area contributed by atoms with Crippen molar-refractivity contribution in [1.82, 2.24) is 19.5 Å². The molecule has 0 unspecified atom stereocenters. The summed E-state index contributed by atoms with van der Waals surface area (Å²) in [6, 6.07) is 13.8. The molecule has 0 atom stereocenters. The Hall–Kier alpha value is -3.31. The van der Waals surface area contributed by atoms with E-state index < -0.39 is 10.0 Å². The van der Waals surface area contributed by atoms with Gasteiger partial charge >= 0.3 is 0 Å². The minimum atomic E-state index is -3.77. The summed E-state index contributed by atoms with van der Waals surface area (Å²) in [4.78, 5) is 16.9. The Balaban J connectivity index is 1.50. The predicted octanol–water partition coefficient (Wildman–Crippen LogP) is 3.03. The van der Waals surface area contributed by atoms with E-state index in [0.717, 1.165) is 17.5 Å². The molecule has 0 bridgehead atoms. The molecular weight excluding hydrogens is 448 g/mol. The molecule has 1 aliphatic rings. The van der Waals surface area contributed by atoms with Crippen molar-refractivity contribution < 1.29 is 13.2 Å². The zero-order chi connectivity index (χ0) is 22.7. The Labute approximate surface area is 190 Å². The lowest BCUT2D eigenvalue weighted by Crippen LogP contribution is -2.29. The van der Waals surface area contributed by atoms with Gasteiger partial charge < -0.3 is 5.32 Å². The van der Waals surface area contributed by atoms with Crippen LogP contribution in [0.3, 0.4) is 0 Å². The average Bonchev–Trinajstić information content (AvgIpc) is 3.39. The first-order valence-electron chi connectivity index (χ1n) is 10.0. The number of H-pyrrole nitrogens is 1. The van der Waals surface area contributed by atoms with Crippen LogP contribution in [-0.4, -0.2) is 41.5 Å². The second-order valence-corrected chi connectivity index (χ2v) is 9.49. The Morgan fingerprint density at radius 3 is 2.72 bits per heavy atom. The van der Waals surface area contributed by atoms with Gasteiger partial charge in [-0.15, -0.1) is 0 Å². The maximum atomic E-state index is 12.7. The first kappa shape index (κ1) is 21.9. The van der Waals surface area contributed by atoms with E-state index >= 15 is 0 Å². The number of aromatic amines is 1. The SMILES string of the molecule is Cc1ccc(-c2n[nH]c(=S)n2CC(=O)Nc2cccc(S(=O)(=O)NC3=NCCC3)c2)cc1. The normalized spacial score (nSPS) is 13.6. The van der Waals surface area contributed by atoms with Crippen molar-refractivity contribution in [1.29, 1.82) is 0 Å². The number of nitrogens with zero attached hydrogens (tertiary/aromatic N) is 3. The van der Waals surface area contributed by atoms with Crippen LogP contribution in [0.2, 0.25) is 0 Å². The van der Waals surface area contributed by atoms with Crippen LogP contribution in [0.1, 0.15) is 18.4 Å². The number of benzene rings is 2. The van der Waals surface area contributed by atoms with Gasteiger partial charge in [-0.25, -0.2) is 8.42 Å². The number of amides is 1. The number of nitrogens with one attached hydrogen (secondary N) is 3. The Kier molecular flexibility index (Phi) is 6.19. The quantitative estimate of drug-likeness (QED) is 0.478. The van der Waals surface area contributed by atoms with Crippen LogP contribution in [-0.2, 0) is 21.4 Å². The Morgan fingerprint density at radius 1 is 1.22 bits per heavy atom. The number of anilines is 1. The average molecular weight is 471 g/mol. The van der Waals surface area contributed by atoms with Gasteiger partial charge in [-0.05, 0) is 43.8 Å². The summed E-state index contributed by atoms with van der Waals surface area (Å²) in [6.45, 7) is 2.53. The number of rotatable bonds is 6. The fraction of sp³-hybridized carbons (Fsp3) is 0.238. The first-order chi connectivity index (χ1) is 15.3. The first-order valence-corrected chi connectivity index (χ1v) is 11.9. The van der Waals surface area contributed by atoms with Crippen molar-refractivity contribution in [2.24, 2.45) is 4.99 Å². The van der Waals surface area contributed by atoms with E-state index in [2.05, 4.69) is 25.2 Å². The monoisotopic (exact) mass is 470 g/mol. The van der Waals surface area contributed by atoms with Crippen molar-refractivity contribution in [3.05, 3.63) is 58.9 Å². The van der Waals surface area contributed by atoms with Gasteiger partial charge in [-0.3, -0.25) is 24.2 Å². The molecule has 2 aromatic carbocycles. The molecule has 1 aromatic heterocycles. The van der Waals surface area contributed by atoms with Gasteiger partial charge in [0.15, 0.2) is 10.6 Å². The summed E-state index contributed by atoms with van der Waals surface area (Å²) in [5.41, 5.74) is 2.29. The van der Waals surface area contributed by atoms with E-state index in [9.17, 15) is 13.2 Å². The third-order valence-electron chi connectivity index (χ3n) is 4.92. The number of hydrogen-bond acceptors (Lipinski definition) is 6. The summed E-state index contributed by atoms with van der Waals surface area (Å²) in [5, 5.41) is 9.69. The number of aryl methyl sites for hydroxylation is 1. The highest BCUT2D eigenvalue weighted by atomic mass is 32.2. The van der Waals surface area contributed by atoms with Crippen LogP contribution in [0, 0.1) is 11.7 Å². The summed E-state index contributed by atoms with van der Waals surface area (Å²) in [6.07, 6.45) is 1.43. The Morgan fingerprint density at radius 2 is 2.00 bits per heavy atom. The van der Waals surface area contributed by atoms with E-state index in [1.165, 1.54) is 12.1 Å². The molecule has 166 valence electrons. The topological polar surface area (TPSA) is 121 Å². The number of amidine groups is 1. The maximum Gasteiger partial charge on any atom is 0.262 e. The van der Waals surface area contributed by atoms with Crippen LogP contribution in [0.15, 0.2) is 58.4 Å². The summed E-state index contributed by atoms with van der Waals surface area (Å²) in [7, 11) is -3.77. The highest BCUT2D eigenvalue weighted by Gasteiger charge is 2.19. The minimum absolute atomic E-state index is 0.0465. The second-order valence-electron chi connectivity index (χ2n) is 7.42. The molecule has 3 aromatic rings. The van der Waals surface area contributed by atoms with Crippen molar-refractivity contribution in [3.63, 3.8) is 0 Å². The largest absolute Gasteiger partial charge is 0.324 e. The van der Waals surface area contributed by atoms with Crippen molar-refractivity contribution in [3.8, 4) is 11.4 Å². The third-order valence-corrected chi connectivity index (χ3v) is 6.61. The molecule has 0 radical (unpaired) electrons. The highest BCUT2D eigenvalue weighted by molar-refractivity contribution is 7.90. The lowest BCUT2D eigenvalue weighted by Gasteiger charge is -2.11. The van der Waals surface area contributed by atoms with Gasteiger partial charge in [-0.2, -0.15) is 5.10 Å². The molecule has 2 heterocycles.